The standard InChI is InChI=1S/C20H15N3O3S/c1-23-19-15-10-6-5-7-13(15)11-16(19)18(22-23)20(24)17(12-21)27(25,26)14-8-3-2-4-9-14/h2-10,17H,11H2,1H3. The summed E-state index contributed by atoms with van der Waals surface area (Å²) in [6.45, 7) is 0. The third-order valence-electron chi connectivity index (χ3n) is 4.76. The van der Waals surface area contributed by atoms with Gasteiger partial charge in [-0.3, -0.25) is 9.48 Å². The molecular formula is C20H15N3O3S. The number of carbonyl (C=O) groups is 1. The van der Waals surface area contributed by atoms with Crippen molar-refractivity contribution in [1.29, 1.82) is 5.26 Å². The predicted octanol–water partition coefficient (Wildman–Crippen LogP) is 2.54. The number of sulfone groups is 1. The molecule has 7 heteroatoms. The lowest BCUT2D eigenvalue weighted by atomic mass is 10.1. The third kappa shape index (κ3) is 2.57. The molecule has 0 spiro atoms. The van der Waals surface area contributed by atoms with Gasteiger partial charge in [-0.1, -0.05) is 42.5 Å². The van der Waals surface area contributed by atoms with Crippen molar-refractivity contribution in [1.82, 2.24) is 9.78 Å². The number of fused-ring (bicyclic) bond motifs is 3. The van der Waals surface area contributed by atoms with Gasteiger partial charge in [0.25, 0.3) is 0 Å². The Bertz CT molecular complexity index is 1210. The van der Waals surface area contributed by atoms with E-state index >= 15 is 0 Å². The first-order valence-electron chi connectivity index (χ1n) is 8.32. The Morgan fingerprint density at radius 2 is 1.81 bits per heavy atom. The molecule has 4 rings (SSSR count). The van der Waals surface area contributed by atoms with Gasteiger partial charge in [0.05, 0.1) is 16.7 Å². The number of aromatic nitrogens is 2. The van der Waals surface area contributed by atoms with E-state index in [1.54, 1.807) is 36.0 Å². The first-order chi connectivity index (χ1) is 12.9. The lowest BCUT2D eigenvalue weighted by Gasteiger charge is -2.09. The number of hydrogen-bond acceptors (Lipinski definition) is 5. The van der Waals surface area contributed by atoms with Crippen molar-refractivity contribution in [2.75, 3.05) is 0 Å². The van der Waals surface area contributed by atoms with Gasteiger partial charge in [-0.05, 0) is 17.7 Å². The van der Waals surface area contributed by atoms with E-state index < -0.39 is 20.9 Å². The maximum absolute atomic E-state index is 13.0. The fraction of sp³-hybridized carbons (Fsp3) is 0.150. The van der Waals surface area contributed by atoms with Crippen molar-refractivity contribution >= 4 is 15.6 Å². The Labute approximate surface area is 156 Å². The van der Waals surface area contributed by atoms with Crippen molar-refractivity contribution in [3.63, 3.8) is 0 Å². The number of benzene rings is 2. The molecule has 0 aliphatic heterocycles. The minimum Gasteiger partial charge on any atom is -0.290 e. The van der Waals surface area contributed by atoms with Crippen LogP contribution in [0.15, 0.2) is 59.5 Å². The highest BCUT2D eigenvalue weighted by atomic mass is 32.2. The quantitative estimate of drug-likeness (QED) is 0.510. The minimum absolute atomic E-state index is 0.0507. The molecular weight excluding hydrogens is 362 g/mol. The van der Waals surface area contributed by atoms with E-state index in [2.05, 4.69) is 5.10 Å². The first-order valence-corrected chi connectivity index (χ1v) is 9.86. The van der Waals surface area contributed by atoms with E-state index in [-0.39, 0.29) is 10.6 Å². The van der Waals surface area contributed by atoms with Crippen molar-refractivity contribution < 1.29 is 13.2 Å². The molecule has 1 aliphatic rings. The topological polar surface area (TPSA) is 92.8 Å². The van der Waals surface area contributed by atoms with Crippen LogP contribution in [-0.4, -0.2) is 29.2 Å². The number of nitriles is 1. The lowest BCUT2D eigenvalue weighted by Crippen LogP contribution is -2.30. The smallest absolute Gasteiger partial charge is 0.216 e. The second-order valence-electron chi connectivity index (χ2n) is 6.36. The van der Waals surface area contributed by atoms with Crippen molar-refractivity contribution in [3.8, 4) is 17.3 Å². The molecule has 0 bridgehead atoms. The molecule has 1 aliphatic carbocycles. The predicted molar refractivity (Wildman–Crippen MR) is 98.8 cm³/mol. The molecule has 6 nitrogen and oxygen atoms in total. The van der Waals surface area contributed by atoms with E-state index in [9.17, 15) is 18.5 Å². The van der Waals surface area contributed by atoms with Crippen LogP contribution >= 0.6 is 0 Å². The van der Waals surface area contributed by atoms with Crippen molar-refractivity contribution in [2.45, 2.75) is 16.6 Å². The number of aryl methyl sites for hydroxylation is 1. The van der Waals surface area contributed by atoms with Gasteiger partial charge < -0.3 is 0 Å². The lowest BCUT2D eigenvalue weighted by molar-refractivity contribution is 0.0994. The molecule has 2 aromatic carbocycles. The van der Waals surface area contributed by atoms with Crippen LogP contribution in [0.3, 0.4) is 0 Å². The Morgan fingerprint density at radius 1 is 1.15 bits per heavy atom. The molecule has 1 aromatic heterocycles. The van der Waals surface area contributed by atoms with E-state index in [0.29, 0.717) is 12.0 Å². The molecule has 0 fully saturated rings. The molecule has 0 amide bonds. The van der Waals surface area contributed by atoms with Crippen LogP contribution in [0.4, 0.5) is 0 Å². The average Bonchev–Trinajstić information content (AvgIpc) is 3.20. The second kappa shape index (κ2) is 6.18. The SMILES string of the molecule is Cn1nc(C(=O)C(C#N)S(=O)(=O)c2ccccc2)c2c1-c1ccccc1C2. The molecule has 0 radical (unpaired) electrons. The van der Waals surface area contributed by atoms with Crippen LogP contribution < -0.4 is 0 Å². The average molecular weight is 377 g/mol. The largest absolute Gasteiger partial charge is 0.290 e. The number of Topliss-reactive ketones (excluding diaryl/α,β-unsaturated/α-hetero) is 1. The van der Waals surface area contributed by atoms with Gasteiger partial charge >= 0.3 is 0 Å². The van der Waals surface area contributed by atoms with E-state index in [0.717, 1.165) is 16.8 Å². The zero-order valence-corrected chi connectivity index (χ0v) is 15.3. The summed E-state index contributed by atoms with van der Waals surface area (Å²) >= 11 is 0. The summed E-state index contributed by atoms with van der Waals surface area (Å²) in [7, 11) is -2.42. The minimum atomic E-state index is -4.13. The number of ketones is 1. The molecule has 1 atom stereocenters. The van der Waals surface area contributed by atoms with Gasteiger partial charge in [0.2, 0.25) is 20.9 Å². The highest BCUT2D eigenvalue weighted by molar-refractivity contribution is 7.93. The number of rotatable bonds is 4. The van der Waals surface area contributed by atoms with Crippen LogP contribution in [0.5, 0.6) is 0 Å². The highest BCUT2D eigenvalue weighted by Crippen LogP contribution is 2.38. The normalized spacial score (nSPS) is 13.5. The van der Waals surface area contributed by atoms with Gasteiger partial charge in [-0.25, -0.2) is 8.42 Å². The van der Waals surface area contributed by atoms with Gasteiger partial charge in [-0.15, -0.1) is 0 Å². The van der Waals surface area contributed by atoms with Crippen LogP contribution in [-0.2, 0) is 23.3 Å². The molecule has 1 unspecified atom stereocenters. The van der Waals surface area contributed by atoms with Crippen LogP contribution in [0.25, 0.3) is 11.3 Å². The first kappa shape index (κ1) is 17.2. The van der Waals surface area contributed by atoms with Crippen molar-refractivity contribution in [2.24, 2.45) is 7.05 Å². The molecule has 0 N–H and O–H groups in total. The maximum Gasteiger partial charge on any atom is 0.216 e. The Kier molecular flexibility index (Phi) is 3.93. The van der Waals surface area contributed by atoms with Crippen LogP contribution in [0, 0.1) is 11.3 Å². The van der Waals surface area contributed by atoms with Gasteiger partial charge in [0.1, 0.15) is 5.69 Å². The molecule has 1 heterocycles. The van der Waals surface area contributed by atoms with Crippen LogP contribution in [0.2, 0.25) is 0 Å². The fourth-order valence-corrected chi connectivity index (χ4v) is 4.85. The summed E-state index contributed by atoms with van der Waals surface area (Å²) in [6.07, 6.45) is 0.490. The summed E-state index contributed by atoms with van der Waals surface area (Å²) in [5.41, 5.74) is 3.54. The Hall–Kier alpha value is -3.24. The summed E-state index contributed by atoms with van der Waals surface area (Å²) < 4.78 is 27.2. The number of nitrogens with zero attached hydrogens (tertiary/aromatic N) is 3. The zero-order chi connectivity index (χ0) is 19.2. The molecule has 0 saturated heterocycles. The summed E-state index contributed by atoms with van der Waals surface area (Å²) in [5, 5.41) is 11.9. The highest BCUT2D eigenvalue weighted by Gasteiger charge is 2.39. The van der Waals surface area contributed by atoms with Crippen LogP contribution in [0.1, 0.15) is 21.6 Å². The third-order valence-corrected chi connectivity index (χ3v) is 6.63. The van der Waals surface area contributed by atoms with E-state index in [4.69, 9.17) is 0 Å². The summed E-state index contributed by atoms with van der Waals surface area (Å²) in [5.74, 6) is -0.786. The van der Waals surface area contributed by atoms with Crippen molar-refractivity contribution in [3.05, 3.63) is 71.4 Å². The van der Waals surface area contributed by atoms with E-state index in [1.807, 2.05) is 24.3 Å². The summed E-state index contributed by atoms with van der Waals surface area (Å²) in [6, 6.07) is 16.9. The summed E-state index contributed by atoms with van der Waals surface area (Å²) in [4.78, 5) is 13.0. The molecule has 3 aromatic rings. The van der Waals surface area contributed by atoms with Gasteiger partial charge in [0.15, 0.2) is 0 Å². The zero-order valence-electron chi connectivity index (χ0n) is 14.5. The molecule has 0 saturated carbocycles. The van der Waals surface area contributed by atoms with Gasteiger partial charge in [-0.2, -0.15) is 10.4 Å². The molecule has 27 heavy (non-hydrogen) atoms. The Balaban J connectivity index is 1.80. The van der Waals surface area contributed by atoms with Gasteiger partial charge in [0, 0.05) is 24.6 Å². The van der Waals surface area contributed by atoms with E-state index in [1.165, 1.54) is 12.1 Å². The Morgan fingerprint density at radius 3 is 2.52 bits per heavy atom. The monoisotopic (exact) mass is 377 g/mol. The number of hydrogen-bond donors (Lipinski definition) is 0. The molecule has 134 valence electrons. The fourth-order valence-electron chi connectivity index (χ4n) is 3.51. The maximum atomic E-state index is 13.0. The number of carbonyl (C=O) groups excluding carboxylic acids is 1. The second-order valence-corrected chi connectivity index (χ2v) is 8.40.